The van der Waals surface area contributed by atoms with Gasteiger partial charge in [-0.2, -0.15) is 5.10 Å². The number of hydrogen-bond donors (Lipinski definition) is 1. The molecular weight excluding hydrogens is 411 g/mol. The van der Waals surface area contributed by atoms with Crippen molar-refractivity contribution in [3.63, 3.8) is 0 Å². The van der Waals surface area contributed by atoms with E-state index in [-0.39, 0.29) is 11.9 Å². The fourth-order valence-corrected chi connectivity index (χ4v) is 4.64. The van der Waals surface area contributed by atoms with Crippen LogP contribution in [-0.2, 0) is 22.7 Å². The van der Waals surface area contributed by atoms with Gasteiger partial charge in [-0.3, -0.25) is 14.4 Å². The number of piperidine rings is 1. The molecule has 0 aliphatic carbocycles. The third-order valence-electron chi connectivity index (χ3n) is 6.53. The molecule has 7 nitrogen and oxygen atoms in total. The molecular formula is C24H29FN4O3. The van der Waals surface area contributed by atoms with Crippen LogP contribution in [0.25, 0.3) is 0 Å². The second kappa shape index (κ2) is 9.24. The van der Waals surface area contributed by atoms with Crippen LogP contribution in [-0.4, -0.2) is 50.7 Å². The van der Waals surface area contributed by atoms with E-state index >= 15 is 0 Å². The number of carbonyl (C=O) groups is 1. The Bertz CT molecular complexity index is 1020. The van der Waals surface area contributed by atoms with Gasteiger partial charge in [-0.15, -0.1) is 6.58 Å². The van der Waals surface area contributed by atoms with Crippen molar-refractivity contribution >= 4 is 11.7 Å². The fourth-order valence-electron chi connectivity index (χ4n) is 4.64. The molecule has 1 aromatic carbocycles. The third-order valence-corrected chi connectivity index (χ3v) is 6.53. The van der Waals surface area contributed by atoms with Gasteiger partial charge in [0.05, 0.1) is 23.4 Å². The molecule has 1 aromatic heterocycles. The molecule has 0 radical (unpaired) electrons. The Labute approximate surface area is 187 Å². The van der Waals surface area contributed by atoms with Crippen molar-refractivity contribution in [1.82, 2.24) is 14.7 Å². The number of nitrogens with zero attached hydrogens (tertiary/aromatic N) is 4. The molecule has 1 fully saturated rings. The van der Waals surface area contributed by atoms with Gasteiger partial charge >= 0.3 is 5.97 Å². The predicted octanol–water partition coefficient (Wildman–Crippen LogP) is 3.77. The molecule has 0 spiro atoms. The Hall–Kier alpha value is -3.00. The molecule has 32 heavy (non-hydrogen) atoms. The number of aliphatic carboxylic acids is 1. The summed E-state index contributed by atoms with van der Waals surface area (Å²) in [6, 6.07) is 6.24. The first-order valence-corrected chi connectivity index (χ1v) is 11.0. The lowest BCUT2D eigenvalue weighted by Gasteiger charge is -2.39. The van der Waals surface area contributed by atoms with E-state index in [9.17, 15) is 14.3 Å². The van der Waals surface area contributed by atoms with Crippen molar-refractivity contribution < 1.29 is 19.1 Å². The molecule has 0 amide bonds. The lowest BCUT2D eigenvalue weighted by molar-refractivity contribution is -0.155. The van der Waals surface area contributed by atoms with Crippen molar-refractivity contribution in [2.45, 2.75) is 51.8 Å². The Morgan fingerprint density at radius 2 is 2.19 bits per heavy atom. The summed E-state index contributed by atoms with van der Waals surface area (Å²) < 4.78 is 15.4. The standard InChI is InChI=1S/C24H29FN4O3/c1-3-9-29-16-19(17(2)26-29)15-28-10-7-24(8-11-28,23(30)31)14-21-13-22(27-32-21)18-5-4-6-20(25)12-18/h3-6,12,16,21H,1,7-11,13-15H2,2H3,(H,30,31)/t21-/m1/s1. The maximum absolute atomic E-state index is 13.5. The summed E-state index contributed by atoms with van der Waals surface area (Å²) in [4.78, 5) is 20.1. The van der Waals surface area contributed by atoms with E-state index in [0.717, 1.165) is 17.8 Å². The zero-order valence-corrected chi connectivity index (χ0v) is 18.3. The molecule has 2 aromatic rings. The molecule has 0 unspecified atom stereocenters. The van der Waals surface area contributed by atoms with Gasteiger partial charge in [-0.25, -0.2) is 4.39 Å². The second-order valence-corrected chi connectivity index (χ2v) is 8.80. The number of carboxylic acids is 1. The van der Waals surface area contributed by atoms with Crippen LogP contribution in [0.4, 0.5) is 4.39 Å². The normalized spacial score (nSPS) is 20.6. The van der Waals surface area contributed by atoms with Gasteiger partial charge < -0.3 is 9.94 Å². The summed E-state index contributed by atoms with van der Waals surface area (Å²) >= 11 is 0. The van der Waals surface area contributed by atoms with E-state index in [1.165, 1.54) is 12.1 Å². The highest BCUT2D eigenvalue weighted by molar-refractivity contribution is 6.01. The monoisotopic (exact) mass is 440 g/mol. The van der Waals surface area contributed by atoms with E-state index in [2.05, 4.69) is 21.7 Å². The number of hydrogen-bond acceptors (Lipinski definition) is 5. The summed E-state index contributed by atoms with van der Waals surface area (Å²) in [7, 11) is 0. The number of aromatic nitrogens is 2. The van der Waals surface area contributed by atoms with Crippen LogP contribution in [0.15, 0.2) is 48.3 Å². The number of aryl methyl sites for hydroxylation is 1. The van der Waals surface area contributed by atoms with Crippen LogP contribution < -0.4 is 0 Å². The first-order valence-electron chi connectivity index (χ1n) is 11.0. The van der Waals surface area contributed by atoms with Gasteiger partial charge in [-0.05, 0) is 45.0 Å². The van der Waals surface area contributed by atoms with Gasteiger partial charge in [0, 0.05) is 36.7 Å². The molecule has 3 heterocycles. The Morgan fingerprint density at radius 3 is 2.88 bits per heavy atom. The predicted molar refractivity (Wildman–Crippen MR) is 119 cm³/mol. The lowest BCUT2D eigenvalue weighted by atomic mass is 9.73. The molecule has 170 valence electrons. The first kappa shape index (κ1) is 22.2. The zero-order valence-electron chi connectivity index (χ0n) is 18.3. The number of carboxylic acid groups (broad SMARTS) is 1. The molecule has 1 saturated heterocycles. The molecule has 1 N–H and O–H groups in total. The first-order chi connectivity index (χ1) is 15.4. The minimum Gasteiger partial charge on any atom is -0.481 e. The van der Waals surface area contributed by atoms with Crippen LogP contribution in [0.3, 0.4) is 0 Å². The molecule has 1 atom stereocenters. The highest BCUT2D eigenvalue weighted by atomic mass is 19.1. The van der Waals surface area contributed by atoms with E-state index in [4.69, 9.17) is 4.84 Å². The average Bonchev–Trinajstić information content (AvgIpc) is 3.36. The molecule has 2 aliphatic heterocycles. The molecule has 8 heteroatoms. The fraction of sp³-hybridized carbons (Fsp3) is 0.458. The van der Waals surface area contributed by atoms with Gasteiger partial charge in [0.25, 0.3) is 0 Å². The van der Waals surface area contributed by atoms with E-state index in [1.807, 2.05) is 23.9 Å². The topological polar surface area (TPSA) is 80.0 Å². The highest BCUT2D eigenvalue weighted by Gasteiger charge is 2.45. The van der Waals surface area contributed by atoms with Crippen LogP contribution in [0, 0.1) is 18.2 Å². The number of benzene rings is 1. The Balaban J connectivity index is 1.36. The number of oxime groups is 1. The van der Waals surface area contributed by atoms with E-state index in [1.54, 1.807) is 12.1 Å². The number of likely N-dealkylation sites (tertiary alicyclic amines) is 1. The van der Waals surface area contributed by atoms with Crippen molar-refractivity contribution in [3.05, 3.63) is 65.8 Å². The SMILES string of the molecule is C=CCn1cc(CN2CCC(C[C@H]3CC(c4cccc(F)c4)=NO3)(C(=O)O)CC2)c(C)n1. The molecule has 2 aliphatic rings. The number of halogens is 1. The molecule has 0 bridgehead atoms. The quantitative estimate of drug-likeness (QED) is 0.632. The van der Waals surface area contributed by atoms with Crippen molar-refractivity contribution in [2.75, 3.05) is 13.1 Å². The Kier molecular flexibility index (Phi) is 6.41. The summed E-state index contributed by atoms with van der Waals surface area (Å²) in [6.45, 7) is 8.56. The van der Waals surface area contributed by atoms with Crippen LogP contribution in [0.2, 0.25) is 0 Å². The van der Waals surface area contributed by atoms with Crippen molar-refractivity contribution in [2.24, 2.45) is 10.6 Å². The van der Waals surface area contributed by atoms with Crippen LogP contribution in [0.5, 0.6) is 0 Å². The maximum Gasteiger partial charge on any atom is 0.309 e. The molecule has 4 rings (SSSR count). The van der Waals surface area contributed by atoms with Gasteiger partial charge in [0.15, 0.2) is 0 Å². The average molecular weight is 441 g/mol. The summed E-state index contributed by atoms with van der Waals surface area (Å²) in [5, 5.41) is 18.7. The second-order valence-electron chi connectivity index (χ2n) is 8.80. The maximum atomic E-state index is 13.5. The van der Waals surface area contributed by atoms with Crippen LogP contribution in [0.1, 0.15) is 42.5 Å². The molecule has 0 saturated carbocycles. The minimum atomic E-state index is -0.837. The van der Waals surface area contributed by atoms with E-state index < -0.39 is 11.4 Å². The van der Waals surface area contributed by atoms with Gasteiger partial charge in [-0.1, -0.05) is 23.4 Å². The summed E-state index contributed by atoms with van der Waals surface area (Å²) in [5.74, 6) is -1.11. The number of allylic oxidation sites excluding steroid dienone is 1. The van der Waals surface area contributed by atoms with Crippen LogP contribution >= 0.6 is 0 Å². The zero-order chi connectivity index (χ0) is 22.7. The highest BCUT2D eigenvalue weighted by Crippen LogP contribution is 2.39. The smallest absolute Gasteiger partial charge is 0.309 e. The van der Waals surface area contributed by atoms with E-state index in [0.29, 0.717) is 56.6 Å². The van der Waals surface area contributed by atoms with Gasteiger partial charge in [0.1, 0.15) is 11.9 Å². The lowest BCUT2D eigenvalue weighted by Crippen LogP contribution is -2.45. The third kappa shape index (κ3) is 4.75. The van der Waals surface area contributed by atoms with Crippen molar-refractivity contribution in [3.8, 4) is 0 Å². The van der Waals surface area contributed by atoms with Crippen molar-refractivity contribution in [1.29, 1.82) is 0 Å². The number of rotatable bonds is 8. The van der Waals surface area contributed by atoms with Gasteiger partial charge in [0.2, 0.25) is 0 Å². The summed E-state index contributed by atoms with van der Waals surface area (Å²) in [6.07, 6.45) is 5.53. The largest absolute Gasteiger partial charge is 0.481 e. The summed E-state index contributed by atoms with van der Waals surface area (Å²) in [5.41, 5.74) is 2.65. The Morgan fingerprint density at radius 1 is 1.41 bits per heavy atom. The minimum absolute atomic E-state index is 0.310.